The molecule has 0 spiro atoms. The maximum atomic E-state index is 12.8. The first-order valence-corrected chi connectivity index (χ1v) is 9.40. The van der Waals surface area contributed by atoms with Crippen LogP contribution >= 0.6 is 0 Å². The van der Waals surface area contributed by atoms with Gasteiger partial charge in [0.05, 0.1) is 19.1 Å². The van der Waals surface area contributed by atoms with Crippen molar-refractivity contribution in [1.82, 2.24) is 5.32 Å². The lowest BCUT2D eigenvalue weighted by Gasteiger charge is -2.18. The number of ether oxygens (including phenoxy) is 2. The van der Waals surface area contributed by atoms with Gasteiger partial charge in [-0.3, -0.25) is 9.59 Å². The van der Waals surface area contributed by atoms with Gasteiger partial charge in [-0.15, -0.1) is 0 Å². The molecule has 6 heteroatoms. The standard InChI is InChI=1S/C22H25NO5/c1-27-19-6-3-2-5-18(19)22(12-13-22)21(26)23-15-16-8-10-17(11-9-16)28-14-4-7-20(24)25/h2-3,5-6,8-11H,4,7,12-15H2,1H3,(H,23,26)(H,24,25). The molecule has 0 saturated heterocycles. The predicted molar refractivity (Wildman–Crippen MR) is 105 cm³/mol. The van der Waals surface area contributed by atoms with E-state index in [1.807, 2.05) is 48.5 Å². The number of carbonyl (C=O) groups is 2. The van der Waals surface area contributed by atoms with Gasteiger partial charge < -0.3 is 19.9 Å². The summed E-state index contributed by atoms with van der Waals surface area (Å²) >= 11 is 0. The largest absolute Gasteiger partial charge is 0.496 e. The molecule has 2 N–H and O–H groups in total. The van der Waals surface area contributed by atoms with Gasteiger partial charge in [0.2, 0.25) is 5.91 Å². The van der Waals surface area contributed by atoms with E-state index in [0.29, 0.717) is 25.3 Å². The summed E-state index contributed by atoms with van der Waals surface area (Å²) in [5.41, 5.74) is 1.43. The number of benzene rings is 2. The molecule has 0 atom stereocenters. The van der Waals surface area contributed by atoms with Crippen molar-refractivity contribution >= 4 is 11.9 Å². The molecule has 148 valence electrons. The second-order valence-electron chi connectivity index (χ2n) is 6.95. The molecule has 0 bridgehead atoms. The van der Waals surface area contributed by atoms with Gasteiger partial charge in [0, 0.05) is 18.5 Å². The third kappa shape index (κ3) is 4.63. The monoisotopic (exact) mass is 383 g/mol. The van der Waals surface area contributed by atoms with E-state index in [2.05, 4.69) is 5.32 Å². The molecule has 1 amide bonds. The Morgan fingerprint density at radius 1 is 1.11 bits per heavy atom. The zero-order valence-electron chi connectivity index (χ0n) is 15.9. The predicted octanol–water partition coefficient (Wildman–Crippen LogP) is 3.29. The van der Waals surface area contributed by atoms with Crippen molar-refractivity contribution in [3.8, 4) is 11.5 Å². The molecule has 1 aliphatic carbocycles. The van der Waals surface area contributed by atoms with E-state index < -0.39 is 11.4 Å². The van der Waals surface area contributed by atoms with Crippen LogP contribution in [0.15, 0.2) is 48.5 Å². The number of nitrogens with one attached hydrogen (secondary N) is 1. The molecule has 0 radical (unpaired) electrons. The summed E-state index contributed by atoms with van der Waals surface area (Å²) in [7, 11) is 1.62. The summed E-state index contributed by atoms with van der Waals surface area (Å²) in [5, 5.41) is 11.7. The van der Waals surface area contributed by atoms with Gasteiger partial charge in [0.25, 0.3) is 0 Å². The lowest BCUT2D eigenvalue weighted by molar-refractivity contribution is -0.137. The van der Waals surface area contributed by atoms with E-state index >= 15 is 0 Å². The topological polar surface area (TPSA) is 84.9 Å². The van der Waals surface area contributed by atoms with Crippen molar-refractivity contribution < 1.29 is 24.2 Å². The first-order chi connectivity index (χ1) is 13.5. The molecule has 3 rings (SSSR count). The van der Waals surface area contributed by atoms with Crippen LogP contribution in [-0.2, 0) is 21.5 Å². The Morgan fingerprint density at radius 2 is 1.82 bits per heavy atom. The van der Waals surface area contributed by atoms with Crippen LogP contribution in [0, 0.1) is 0 Å². The van der Waals surface area contributed by atoms with Crippen LogP contribution < -0.4 is 14.8 Å². The summed E-state index contributed by atoms with van der Waals surface area (Å²) in [6.45, 7) is 0.804. The Labute approximate surface area is 164 Å². The smallest absolute Gasteiger partial charge is 0.303 e. The minimum Gasteiger partial charge on any atom is -0.496 e. The Kier molecular flexibility index (Phi) is 6.19. The van der Waals surface area contributed by atoms with E-state index in [9.17, 15) is 9.59 Å². The molecule has 2 aromatic carbocycles. The van der Waals surface area contributed by atoms with E-state index in [0.717, 1.165) is 29.7 Å². The number of methoxy groups -OCH3 is 1. The Morgan fingerprint density at radius 3 is 2.46 bits per heavy atom. The number of aliphatic carboxylic acids is 1. The highest BCUT2D eigenvalue weighted by Crippen LogP contribution is 2.51. The fourth-order valence-corrected chi connectivity index (χ4v) is 3.25. The fraction of sp³-hybridized carbons (Fsp3) is 0.364. The molecular formula is C22H25NO5. The molecule has 1 saturated carbocycles. The van der Waals surface area contributed by atoms with Crippen LogP contribution in [0.5, 0.6) is 11.5 Å². The van der Waals surface area contributed by atoms with Crippen LogP contribution in [0.3, 0.4) is 0 Å². The van der Waals surface area contributed by atoms with Crippen LogP contribution in [-0.4, -0.2) is 30.7 Å². The molecular weight excluding hydrogens is 358 g/mol. The summed E-state index contributed by atoms with van der Waals surface area (Å²) in [6.07, 6.45) is 2.21. The van der Waals surface area contributed by atoms with E-state index in [-0.39, 0.29) is 12.3 Å². The molecule has 0 aromatic heterocycles. The van der Waals surface area contributed by atoms with Gasteiger partial charge in [-0.05, 0) is 43.0 Å². The molecule has 0 heterocycles. The third-order valence-electron chi connectivity index (χ3n) is 4.99. The van der Waals surface area contributed by atoms with Crippen molar-refractivity contribution in [3.05, 3.63) is 59.7 Å². The van der Waals surface area contributed by atoms with Crippen molar-refractivity contribution in [2.24, 2.45) is 0 Å². The summed E-state index contributed by atoms with van der Waals surface area (Å²) in [6, 6.07) is 15.1. The Hall–Kier alpha value is -3.02. The number of para-hydroxylation sites is 1. The van der Waals surface area contributed by atoms with E-state index in [1.165, 1.54) is 0 Å². The summed E-state index contributed by atoms with van der Waals surface area (Å²) in [4.78, 5) is 23.3. The van der Waals surface area contributed by atoms with Crippen LogP contribution in [0.2, 0.25) is 0 Å². The highest BCUT2D eigenvalue weighted by molar-refractivity contribution is 5.92. The minimum absolute atomic E-state index is 0.0194. The highest BCUT2D eigenvalue weighted by atomic mass is 16.5. The number of amides is 1. The first-order valence-electron chi connectivity index (χ1n) is 9.40. The van der Waals surface area contributed by atoms with Gasteiger partial charge in [-0.25, -0.2) is 0 Å². The Balaban J connectivity index is 1.53. The zero-order chi connectivity index (χ0) is 20.0. The number of carboxylic acid groups (broad SMARTS) is 1. The molecule has 0 unspecified atom stereocenters. The van der Waals surface area contributed by atoms with E-state index in [1.54, 1.807) is 7.11 Å². The van der Waals surface area contributed by atoms with Crippen molar-refractivity contribution in [2.75, 3.05) is 13.7 Å². The van der Waals surface area contributed by atoms with Gasteiger partial charge in [0.1, 0.15) is 11.5 Å². The van der Waals surface area contributed by atoms with Crippen molar-refractivity contribution in [1.29, 1.82) is 0 Å². The van der Waals surface area contributed by atoms with Gasteiger partial charge in [-0.2, -0.15) is 0 Å². The molecule has 1 fully saturated rings. The number of hydrogen-bond acceptors (Lipinski definition) is 4. The molecule has 1 aliphatic rings. The van der Waals surface area contributed by atoms with Crippen molar-refractivity contribution in [3.63, 3.8) is 0 Å². The van der Waals surface area contributed by atoms with E-state index in [4.69, 9.17) is 14.6 Å². The fourth-order valence-electron chi connectivity index (χ4n) is 3.25. The molecule has 6 nitrogen and oxygen atoms in total. The third-order valence-corrected chi connectivity index (χ3v) is 4.99. The average Bonchev–Trinajstić information content (AvgIpc) is 3.52. The normalized spacial score (nSPS) is 14.2. The molecule has 28 heavy (non-hydrogen) atoms. The van der Waals surface area contributed by atoms with Crippen LogP contribution in [0.4, 0.5) is 0 Å². The summed E-state index contributed by atoms with van der Waals surface area (Å²) < 4.78 is 10.9. The number of carboxylic acids is 1. The number of rotatable bonds is 10. The molecule has 0 aliphatic heterocycles. The van der Waals surface area contributed by atoms with Crippen LogP contribution in [0.25, 0.3) is 0 Å². The quantitative estimate of drug-likeness (QED) is 0.615. The number of carbonyl (C=O) groups excluding carboxylic acids is 1. The molecule has 2 aromatic rings. The van der Waals surface area contributed by atoms with Crippen LogP contribution in [0.1, 0.15) is 36.8 Å². The van der Waals surface area contributed by atoms with Gasteiger partial charge in [-0.1, -0.05) is 30.3 Å². The lowest BCUT2D eigenvalue weighted by Crippen LogP contribution is -2.34. The first kappa shape index (κ1) is 19.7. The summed E-state index contributed by atoms with van der Waals surface area (Å²) in [5.74, 6) is 0.634. The highest BCUT2D eigenvalue weighted by Gasteiger charge is 2.52. The minimum atomic E-state index is -0.823. The van der Waals surface area contributed by atoms with Crippen molar-refractivity contribution in [2.45, 2.75) is 37.6 Å². The average molecular weight is 383 g/mol. The Bertz CT molecular complexity index is 827. The van der Waals surface area contributed by atoms with Gasteiger partial charge >= 0.3 is 5.97 Å². The maximum absolute atomic E-state index is 12.8. The zero-order valence-corrected chi connectivity index (χ0v) is 15.9. The number of hydrogen-bond donors (Lipinski definition) is 2. The SMILES string of the molecule is COc1ccccc1C1(C(=O)NCc2ccc(OCCCC(=O)O)cc2)CC1. The van der Waals surface area contributed by atoms with Gasteiger partial charge in [0.15, 0.2) is 0 Å². The maximum Gasteiger partial charge on any atom is 0.303 e. The second-order valence-corrected chi connectivity index (χ2v) is 6.95. The lowest BCUT2D eigenvalue weighted by atomic mass is 9.94. The second kappa shape index (κ2) is 8.78.